The van der Waals surface area contributed by atoms with Crippen molar-refractivity contribution >= 4 is 31.1 Å². The van der Waals surface area contributed by atoms with Gasteiger partial charge in [-0.1, -0.05) is 42.6 Å². The Balaban J connectivity index is 0.00000264. The molecule has 0 aliphatic rings. The number of nitrogens with zero attached hydrogens (tertiary/aromatic N) is 4. The molecule has 0 spiro atoms. The normalized spacial score (nSPS) is 11.8. The molecule has 1 atom stereocenters. The van der Waals surface area contributed by atoms with Gasteiger partial charge in [0, 0.05) is 5.02 Å². The van der Waals surface area contributed by atoms with Crippen LogP contribution in [0.4, 0.5) is 0 Å². The minimum absolute atomic E-state index is 0. The van der Waals surface area contributed by atoms with Crippen LogP contribution in [0, 0.1) is 0 Å². The Morgan fingerprint density at radius 2 is 2.00 bits per heavy atom. The van der Waals surface area contributed by atoms with E-state index in [1.165, 1.54) is 0 Å². The molecule has 0 aliphatic heterocycles. The fraction of sp³-hybridized carbons (Fsp3) is 0.462. The molecule has 4 N–H and O–H groups in total. The monoisotopic (exact) mass is 359 g/mol. The Kier molecular flexibility index (Phi) is 8.50. The Bertz CT molecular complexity index is 599. The summed E-state index contributed by atoms with van der Waals surface area (Å²) in [7, 11) is -1.26. The van der Waals surface area contributed by atoms with Gasteiger partial charge in [-0.05, 0) is 34.8 Å². The minimum atomic E-state index is -1.26. The molecule has 0 fully saturated rings. The van der Waals surface area contributed by atoms with Crippen LogP contribution in [0.1, 0.15) is 36.7 Å². The fourth-order valence-corrected chi connectivity index (χ4v) is 2.39. The summed E-state index contributed by atoms with van der Waals surface area (Å²) in [6.45, 7) is 0.463. The summed E-state index contributed by atoms with van der Waals surface area (Å²) in [6, 6.07) is 7.22. The topological polar surface area (TPSA) is 110 Å². The lowest BCUT2D eigenvalue weighted by Gasteiger charge is -2.12. The summed E-state index contributed by atoms with van der Waals surface area (Å²) in [4.78, 5) is 0. The van der Waals surface area contributed by atoms with Gasteiger partial charge in [-0.15, -0.1) is 17.5 Å². The number of hydrogen-bond acceptors (Lipinski definition) is 6. The Morgan fingerprint density at radius 3 is 2.70 bits per heavy atom. The van der Waals surface area contributed by atoms with Crippen LogP contribution in [0.25, 0.3) is 0 Å². The Morgan fingerprint density at radius 1 is 1.26 bits per heavy atom. The third-order valence-corrected chi connectivity index (χ3v) is 3.77. The quantitative estimate of drug-likeness (QED) is 0.486. The van der Waals surface area contributed by atoms with E-state index in [-0.39, 0.29) is 18.4 Å². The first-order chi connectivity index (χ1) is 10.6. The van der Waals surface area contributed by atoms with Gasteiger partial charge in [0.15, 0.2) is 5.82 Å². The zero-order valence-corrected chi connectivity index (χ0v) is 14.1. The van der Waals surface area contributed by atoms with E-state index in [0.717, 1.165) is 12.0 Å². The predicted molar refractivity (Wildman–Crippen MR) is 91.4 cm³/mol. The van der Waals surface area contributed by atoms with Gasteiger partial charge in [0.1, 0.15) is 0 Å². The van der Waals surface area contributed by atoms with E-state index >= 15 is 0 Å². The lowest BCUT2D eigenvalue weighted by atomic mass is 9.83. The molecule has 0 amide bonds. The van der Waals surface area contributed by atoms with E-state index < -0.39 is 7.12 Å². The lowest BCUT2D eigenvalue weighted by Crippen LogP contribution is -2.18. The first kappa shape index (κ1) is 19.9. The van der Waals surface area contributed by atoms with Crippen molar-refractivity contribution in [3.05, 3.63) is 40.7 Å². The zero-order valence-electron chi connectivity index (χ0n) is 12.5. The van der Waals surface area contributed by atoms with E-state index in [4.69, 9.17) is 27.4 Å². The number of benzene rings is 1. The van der Waals surface area contributed by atoms with Crippen molar-refractivity contribution in [3.63, 3.8) is 0 Å². The summed E-state index contributed by atoms with van der Waals surface area (Å²) in [6.07, 6.45) is 2.49. The predicted octanol–water partition coefficient (Wildman–Crippen LogP) is 1.44. The number of hydrogen-bond donors (Lipinski definition) is 3. The van der Waals surface area contributed by atoms with Gasteiger partial charge in [0.2, 0.25) is 0 Å². The fourth-order valence-electron chi connectivity index (χ4n) is 2.20. The van der Waals surface area contributed by atoms with Gasteiger partial charge in [-0.25, -0.2) is 4.68 Å². The first-order valence-electron chi connectivity index (χ1n) is 7.19. The molecule has 126 valence electrons. The average molecular weight is 360 g/mol. The highest BCUT2D eigenvalue weighted by Gasteiger charge is 2.16. The number of nitrogens with two attached hydrogens (primary N) is 1. The van der Waals surface area contributed by atoms with Crippen LogP contribution in [0.2, 0.25) is 11.3 Å². The standard InChI is InChI=1S/C13H19BClN5O2.ClH/c15-11-6-2-1-5-10(11)9-20-13(17-18-19-20)12(16)7-3-4-8-14(21)22;/h1-2,5-6,12,21-22H,3-4,7-9,16H2;1H. The maximum atomic E-state index is 8.81. The SMILES string of the molecule is Cl.NC(CCCCB(O)O)c1nnnn1Cc1ccccc1Cl. The molecule has 0 saturated heterocycles. The first-order valence-corrected chi connectivity index (χ1v) is 7.57. The van der Waals surface area contributed by atoms with Gasteiger partial charge in [0.25, 0.3) is 0 Å². The van der Waals surface area contributed by atoms with Crippen molar-refractivity contribution in [3.8, 4) is 0 Å². The van der Waals surface area contributed by atoms with Gasteiger partial charge in [0.05, 0.1) is 12.6 Å². The number of halogens is 2. The zero-order chi connectivity index (χ0) is 15.9. The Labute approximate surface area is 146 Å². The molecule has 2 aromatic rings. The second-order valence-electron chi connectivity index (χ2n) is 5.16. The maximum Gasteiger partial charge on any atom is 0.451 e. The summed E-state index contributed by atoms with van der Waals surface area (Å²) < 4.78 is 1.65. The molecule has 7 nitrogen and oxygen atoms in total. The van der Waals surface area contributed by atoms with Crippen molar-refractivity contribution in [1.29, 1.82) is 0 Å². The average Bonchev–Trinajstić information content (AvgIpc) is 2.94. The van der Waals surface area contributed by atoms with Gasteiger partial charge in [-0.3, -0.25) is 0 Å². The van der Waals surface area contributed by atoms with Crippen molar-refractivity contribution in [2.75, 3.05) is 0 Å². The highest BCUT2D eigenvalue weighted by Crippen LogP contribution is 2.19. The largest absolute Gasteiger partial charge is 0.451 e. The molecule has 0 saturated carbocycles. The van der Waals surface area contributed by atoms with Crippen molar-refractivity contribution in [2.24, 2.45) is 5.73 Å². The molecule has 1 aromatic carbocycles. The van der Waals surface area contributed by atoms with Crippen LogP contribution in [0.15, 0.2) is 24.3 Å². The highest BCUT2D eigenvalue weighted by atomic mass is 35.5. The number of aromatic nitrogens is 4. The smallest absolute Gasteiger partial charge is 0.427 e. The molecule has 0 bridgehead atoms. The molecule has 23 heavy (non-hydrogen) atoms. The molecule has 0 radical (unpaired) electrons. The number of rotatable bonds is 8. The molecular formula is C13H20BCl2N5O2. The molecule has 1 heterocycles. The summed E-state index contributed by atoms with van der Waals surface area (Å²) in [5.74, 6) is 0.601. The lowest BCUT2D eigenvalue weighted by molar-refractivity contribution is 0.400. The molecule has 10 heteroatoms. The van der Waals surface area contributed by atoms with Crippen molar-refractivity contribution < 1.29 is 10.0 Å². The second-order valence-corrected chi connectivity index (χ2v) is 5.56. The molecular weight excluding hydrogens is 340 g/mol. The van der Waals surface area contributed by atoms with Crippen LogP contribution in [0.3, 0.4) is 0 Å². The van der Waals surface area contributed by atoms with E-state index in [0.29, 0.717) is 36.6 Å². The second kappa shape index (κ2) is 9.84. The molecule has 0 aliphatic carbocycles. The van der Waals surface area contributed by atoms with Crippen LogP contribution in [0.5, 0.6) is 0 Å². The third-order valence-electron chi connectivity index (χ3n) is 3.40. The van der Waals surface area contributed by atoms with E-state index in [1.54, 1.807) is 4.68 Å². The van der Waals surface area contributed by atoms with E-state index in [2.05, 4.69) is 15.5 Å². The number of unbranched alkanes of at least 4 members (excludes halogenated alkanes) is 1. The van der Waals surface area contributed by atoms with Crippen LogP contribution < -0.4 is 5.73 Å². The summed E-state index contributed by atoms with van der Waals surface area (Å²) in [5.41, 5.74) is 7.05. The summed E-state index contributed by atoms with van der Waals surface area (Å²) >= 11 is 6.14. The van der Waals surface area contributed by atoms with Gasteiger partial charge in [-0.2, -0.15) is 0 Å². The third kappa shape index (κ3) is 6.08. The van der Waals surface area contributed by atoms with E-state index in [1.807, 2.05) is 24.3 Å². The van der Waals surface area contributed by atoms with Gasteiger partial charge >= 0.3 is 7.12 Å². The van der Waals surface area contributed by atoms with Crippen molar-refractivity contribution in [2.45, 2.75) is 38.2 Å². The molecule has 1 unspecified atom stereocenters. The van der Waals surface area contributed by atoms with Crippen LogP contribution in [-0.4, -0.2) is 37.4 Å². The summed E-state index contributed by atoms with van der Waals surface area (Å²) in [5, 5.41) is 29.9. The Hall–Kier alpha value is -1.19. The molecule has 2 rings (SSSR count). The maximum absolute atomic E-state index is 8.81. The highest BCUT2D eigenvalue weighted by molar-refractivity contribution is 6.40. The van der Waals surface area contributed by atoms with Gasteiger partial charge < -0.3 is 15.8 Å². The number of tetrazole rings is 1. The van der Waals surface area contributed by atoms with Crippen LogP contribution in [-0.2, 0) is 6.54 Å². The molecule has 1 aromatic heterocycles. The van der Waals surface area contributed by atoms with Crippen molar-refractivity contribution in [1.82, 2.24) is 20.2 Å². The van der Waals surface area contributed by atoms with Crippen LogP contribution >= 0.6 is 24.0 Å². The van der Waals surface area contributed by atoms with E-state index in [9.17, 15) is 0 Å². The minimum Gasteiger partial charge on any atom is -0.427 e.